The maximum absolute atomic E-state index is 11.6. The first-order valence-electron chi connectivity index (χ1n) is 5.27. The van der Waals surface area contributed by atoms with Crippen LogP contribution in [0, 0.1) is 0 Å². The summed E-state index contributed by atoms with van der Waals surface area (Å²) in [6.45, 7) is 4.71. The van der Waals surface area contributed by atoms with E-state index >= 15 is 0 Å². The number of hydrogen-bond donors (Lipinski definition) is 0. The zero-order chi connectivity index (χ0) is 11.1. The van der Waals surface area contributed by atoms with E-state index in [1.807, 2.05) is 4.90 Å². The molecule has 0 aromatic rings. The first kappa shape index (κ1) is 12.4. The lowest BCUT2D eigenvalue weighted by molar-refractivity contribution is -0.138. The summed E-state index contributed by atoms with van der Waals surface area (Å²) in [6.07, 6.45) is 0. The van der Waals surface area contributed by atoms with Crippen molar-refractivity contribution in [2.24, 2.45) is 0 Å². The van der Waals surface area contributed by atoms with E-state index in [1.165, 1.54) is 0 Å². The van der Waals surface area contributed by atoms with Crippen LogP contribution in [0.25, 0.3) is 0 Å². The SMILES string of the molecule is COCCOCC(=O)N1CCN(C)CC1. The summed E-state index contributed by atoms with van der Waals surface area (Å²) in [7, 11) is 3.68. The maximum atomic E-state index is 11.6. The highest BCUT2D eigenvalue weighted by Crippen LogP contribution is 1.99. The van der Waals surface area contributed by atoms with Gasteiger partial charge in [0.25, 0.3) is 0 Å². The van der Waals surface area contributed by atoms with Crippen molar-refractivity contribution in [2.45, 2.75) is 0 Å². The predicted molar refractivity (Wildman–Crippen MR) is 56.8 cm³/mol. The van der Waals surface area contributed by atoms with Crippen LogP contribution >= 0.6 is 0 Å². The number of carbonyl (C=O) groups excluding carboxylic acids is 1. The summed E-state index contributed by atoms with van der Waals surface area (Å²) in [4.78, 5) is 15.7. The lowest BCUT2D eigenvalue weighted by atomic mass is 10.3. The number of carbonyl (C=O) groups is 1. The van der Waals surface area contributed by atoms with Gasteiger partial charge in [0.1, 0.15) is 6.61 Å². The molecule has 1 amide bonds. The monoisotopic (exact) mass is 216 g/mol. The molecule has 1 aliphatic rings. The maximum Gasteiger partial charge on any atom is 0.248 e. The standard InChI is InChI=1S/C10H20N2O3/c1-11-3-5-12(6-4-11)10(13)9-15-8-7-14-2/h3-9H2,1-2H3. The molecule has 1 fully saturated rings. The number of piperazine rings is 1. The van der Waals surface area contributed by atoms with Gasteiger partial charge in [-0.2, -0.15) is 0 Å². The van der Waals surface area contributed by atoms with E-state index in [0.29, 0.717) is 13.2 Å². The molecule has 1 rings (SSSR count). The van der Waals surface area contributed by atoms with Gasteiger partial charge in [-0.1, -0.05) is 0 Å². The molecule has 0 spiro atoms. The second kappa shape index (κ2) is 6.76. The molecule has 0 aliphatic carbocycles. The Kier molecular flexibility index (Phi) is 5.60. The van der Waals surface area contributed by atoms with Crippen LogP contribution in [0.1, 0.15) is 0 Å². The molecular formula is C10H20N2O3. The Labute approximate surface area is 90.9 Å². The summed E-state index contributed by atoms with van der Waals surface area (Å²) in [5.74, 6) is 0.0826. The summed E-state index contributed by atoms with van der Waals surface area (Å²) in [5.41, 5.74) is 0. The van der Waals surface area contributed by atoms with E-state index in [-0.39, 0.29) is 12.5 Å². The molecule has 0 aromatic heterocycles. The van der Waals surface area contributed by atoms with Crippen molar-refractivity contribution in [3.63, 3.8) is 0 Å². The number of hydrogen-bond acceptors (Lipinski definition) is 4. The highest BCUT2D eigenvalue weighted by molar-refractivity contribution is 5.77. The molecule has 0 saturated carbocycles. The largest absolute Gasteiger partial charge is 0.382 e. The van der Waals surface area contributed by atoms with Gasteiger partial charge in [-0.05, 0) is 7.05 Å². The highest BCUT2D eigenvalue weighted by atomic mass is 16.5. The molecule has 0 unspecified atom stereocenters. The fraction of sp³-hybridized carbons (Fsp3) is 0.900. The van der Waals surface area contributed by atoms with Crippen LogP contribution in [0.2, 0.25) is 0 Å². The Bertz CT molecular complexity index is 191. The molecule has 0 bridgehead atoms. The summed E-state index contributed by atoms with van der Waals surface area (Å²) < 4.78 is 10.0. The van der Waals surface area contributed by atoms with E-state index in [1.54, 1.807) is 7.11 Å². The topological polar surface area (TPSA) is 42.0 Å². The van der Waals surface area contributed by atoms with Crippen LogP contribution in [0.15, 0.2) is 0 Å². The Morgan fingerprint density at radius 3 is 2.47 bits per heavy atom. The van der Waals surface area contributed by atoms with Gasteiger partial charge in [-0.15, -0.1) is 0 Å². The van der Waals surface area contributed by atoms with Crippen LogP contribution in [-0.4, -0.2) is 75.9 Å². The predicted octanol–water partition coefficient (Wildman–Crippen LogP) is -0.577. The zero-order valence-electron chi connectivity index (χ0n) is 9.57. The number of ether oxygens (including phenoxy) is 2. The van der Waals surface area contributed by atoms with Crippen LogP contribution in [-0.2, 0) is 14.3 Å². The lowest BCUT2D eigenvalue weighted by Crippen LogP contribution is -2.48. The minimum Gasteiger partial charge on any atom is -0.382 e. The third-order valence-electron chi connectivity index (χ3n) is 2.51. The second-order valence-corrected chi connectivity index (χ2v) is 3.73. The van der Waals surface area contributed by atoms with E-state index in [4.69, 9.17) is 9.47 Å². The van der Waals surface area contributed by atoms with Crippen LogP contribution in [0.3, 0.4) is 0 Å². The van der Waals surface area contributed by atoms with Crippen molar-refractivity contribution in [3.8, 4) is 0 Å². The molecule has 1 saturated heterocycles. The molecule has 1 heterocycles. The van der Waals surface area contributed by atoms with Crippen molar-refractivity contribution >= 4 is 5.91 Å². The molecule has 88 valence electrons. The van der Waals surface area contributed by atoms with Gasteiger partial charge in [0.2, 0.25) is 5.91 Å². The smallest absolute Gasteiger partial charge is 0.248 e. The van der Waals surface area contributed by atoms with Crippen molar-refractivity contribution < 1.29 is 14.3 Å². The Morgan fingerprint density at radius 1 is 1.20 bits per heavy atom. The van der Waals surface area contributed by atoms with Crippen molar-refractivity contribution in [3.05, 3.63) is 0 Å². The second-order valence-electron chi connectivity index (χ2n) is 3.73. The quantitative estimate of drug-likeness (QED) is 0.577. The molecule has 0 N–H and O–H groups in total. The number of likely N-dealkylation sites (N-methyl/N-ethyl adjacent to an activating group) is 1. The van der Waals surface area contributed by atoms with Crippen molar-refractivity contribution in [2.75, 3.05) is 60.2 Å². The van der Waals surface area contributed by atoms with Gasteiger partial charge in [0.05, 0.1) is 13.2 Å². The van der Waals surface area contributed by atoms with Crippen LogP contribution in [0.5, 0.6) is 0 Å². The number of amides is 1. The fourth-order valence-corrected chi connectivity index (χ4v) is 1.45. The average Bonchev–Trinajstić information content (AvgIpc) is 2.25. The molecule has 0 radical (unpaired) electrons. The van der Waals surface area contributed by atoms with Gasteiger partial charge in [-0.25, -0.2) is 0 Å². The molecule has 1 aliphatic heterocycles. The molecular weight excluding hydrogens is 196 g/mol. The van der Waals surface area contributed by atoms with Gasteiger partial charge in [-0.3, -0.25) is 4.79 Å². The minimum absolute atomic E-state index is 0.0826. The number of rotatable bonds is 5. The number of nitrogens with zero attached hydrogens (tertiary/aromatic N) is 2. The fourth-order valence-electron chi connectivity index (χ4n) is 1.45. The van der Waals surface area contributed by atoms with Crippen LogP contribution < -0.4 is 0 Å². The van der Waals surface area contributed by atoms with E-state index < -0.39 is 0 Å². The molecule has 0 atom stereocenters. The van der Waals surface area contributed by atoms with Crippen molar-refractivity contribution in [1.82, 2.24) is 9.80 Å². The normalized spacial score (nSPS) is 18.1. The van der Waals surface area contributed by atoms with E-state index in [0.717, 1.165) is 26.2 Å². The minimum atomic E-state index is 0.0826. The average molecular weight is 216 g/mol. The molecule has 0 aromatic carbocycles. The number of methoxy groups -OCH3 is 1. The van der Waals surface area contributed by atoms with Gasteiger partial charge in [0, 0.05) is 33.3 Å². The first-order valence-corrected chi connectivity index (χ1v) is 5.27. The third kappa shape index (κ3) is 4.59. The molecule has 5 heteroatoms. The lowest BCUT2D eigenvalue weighted by Gasteiger charge is -2.32. The zero-order valence-corrected chi connectivity index (χ0v) is 9.57. The molecule has 15 heavy (non-hydrogen) atoms. The van der Waals surface area contributed by atoms with E-state index in [2.05, 4.69) is 11.9 Å². The van der Waals surface area contributed by atoms with Crippen LogP contribution in [0.4, 0.5) is 0 Å². The van der Waals surface area contributed by atoms with Gasteiger partial charge in [0.15, 0.2) is 0 Å². The van der Waals surface area contributed by atoms with Gasteiger partial charge < -0.3 is 19.3 Å². The van der Waals surface area contributed by atoms with Gasteiger partial charge >= 0.3 is 0 Å². The Balaban J connectivity index is 2.11. The summed E-state index contributed by atoms with van der Waals surface area (Å²) >= 11 is 0. The highest BCUT2D eigenvalue weighted by Gasteiger charge is 2.18. The summed E-state index contributed by atoms with van der Waals surface area (Å²) in [6, 6.07) is 0. The van der Waals surface area contributed by atoms with Crippen molar-refractivity contribution in [1.29, 1.82) is 0 Å². The van der Waals surface area contributed by atoms with E-state index in [9.17, 15) is 4.79 Å². The Morgan fingerprint density at radius 2 is 1.87 bits per heavy atom. The first-order chi connectivity index (χ1) is 7.24. The summed E-state index contributed by atoms with van der Waals surface area (Å²) in [5, 5.41) is 0. The third-order valence-corrected chi connectivity index (χ3v) is 2.51. The molecule has 5 nitrogen and oxygen atoms in total. The Hall–Kier alpha value is -0.650.